The number of ether oxygens (including phenoxy) is 3. The van der Waals surface area contributed by atoms with Crippen molar-refractivity contribution in [2.75, 3.05) is 26.6 Å². The Kier molecular flexibility index (Phi) is 6.55. The molecule has 0 bridgehead atoms. The first-order chi connectivity index (χ1) is 13.0. The quantitative estimate of drug-likeness (QED) is 0.558. The molecule has 1 unspecified atom stereocenters. The lowest BCUT2D eigenvalue weighted by Gasteiger charge is -2.26. The van der Waals surface area contributed by atoms with Crippen LogP contribution < -0.4 is 15.2 Å². The van der Waals surface area contributed by atoms with Crippen molar-refractivity contribution in [1.82, 2.24) is 4.90 Å². The molecule has 0 aromatic heterocycles. The Hall–Kier alpha value is -1.86. The van der Waals surface area contributed by atoms with Crippen LogP contribution in [0.5, 0.6) is 11.5 Å². The van der Waals surface area contributed by atoms with Crippen LogP contribution in [0, 0.1) is 0 Å². The number of nitrogens with zero attached hydrogens (tertiary/aromatic N) is 1. The first-order valence-electron chi connectivity index (χ1n) is 8.63. The number of hydrogen-bond acceptors (Lipinski definition) is 6. The third-order valence-electron chi connectivity index (χ3n) is 4.72. The molecule has 144 valence electrons. The van der Waals surface area contributed by atoms with Crippen molar-refractivity contribution in [1.29, 1.82) is 0 Å². The molecule has 1 fully saturated rings. The second-order valence-electron chi connectivity index (χ2n) is 6.44. The fourth-order valence-electron chi connectivity index (χ4n) is 3.30. The van der Waals surface area contributed by atoms with Gasteiger partial charge in [-0.15, -0.1) is 0 Å². The van der Waals surface area contributed by atoms with Crippen molar-refractivity contribution in [2.24, 2.45) is 0 Å². The van der Waals surface area contributed by atoms with E-state index in [0.717, 1.165) is 23.3 Å². The summed E-state index contributed by atoms with van der Waals surface area (Å²) in [5.74, 6) is 1.44. The van der Waals surface area contributed by atoms with E-state index in [0.29, 0.717) is 29.6 Å². The van der Waals surface area contributed by atoms with Crippen molar-refractivity contribution in [3.05, 3.63) is 52.5 Å². The van der Waals surface area contributed by atoms with E-state index in [-0.39, 0.29) is 12.3 Å². The predicted molar refractivity (Wildman–Crippen MR) is 112 cm³/mol. The molecule has 0 radical (unpaired) electrons. The van der Waals surface area contributed by atoms with Crippen LogP contribution in [0.15, 0.2) is 36.4 Å². The number of nitrogens with two attached hydrogens (primary N) is 1. The summed E-state index contributed by atoms with van der Waals surface area (Å²) in [7, 11) is 3.27. The lowest BCUT2D eigenvalue weighted by molar-refractivity contribution is 0.0875. The summed E-state index contributed by atoms with van der Waals surface area (Å²) in [5, 5.41) is 2.22. The van der Waals surface area contributed by atoms with Gasteiger partial charge in [0.25, 0.3) is 0 Å². The Balaban J connectivity index is 1.79. The molecule has 1 heterocycles. The van der Waals surface area contributed by atoms with E-state index >= 15 is 0 Å². The van der Waals surface area contributed by atoms with Gasteiger partial charge in [0.05, 0.1) is 31.5 Å². The lowest BCUT2D eigenvalue weighted by atomic mass is 10.0. The van der Waals surface area contributed by atoms with Gasteiger partial charge in [0.2, 0.25) is 0 Å². The molecule has 27 heavy (non-hydrogen) atoms. The monoisotopic (exact) mass is 406 g/mol. The minimum Gasteiger partial charge on any atom is -0.493 e. The van der Waals surface area contributed by atoms with Crippen LogP contribution in [0.25, 0.3) is 0 Å². The van der Waals surface area contributed by atoms with Gasteiger partial charge in [0.15, 0.2) is 11.5 Å². The lowest BCUT2D eigenvalue weighted by Crippen LogP contribution is -2.38. The van der Waals surface area contributed by atoms with E-state index in [1.807, 2.05) is 36.4 Å². The van der Waals surface area contributed by atoms with Gasteiger partial charge in [-0.3, -0.25) is 4.90 Å². The number of nitrogen functional groups attached to an aromatic ring is 1. The first-order valence-corrected chi connectivity index (χ1v) is 9.48. The third-order valence-corrected chi connectivity index (χ3v) is 5.29. The van der Waals surface area contributed by atoms with E-state index in [2.05, 4.69) is 4.90 Å². The van der Waals surface area contributed by atoms with E-state index in [4.69, 9.17) is 43.8 Å². The largest absolute Gasteiger partial charge is 0.493 e. The van der Waals surface area contributed by atoms with E-state index in [9.17, 15) is 0 Å². The molecule has 1 aliphatic heterocycles. The Morgan fingerprint density at radius 1 is 1.19 bits per heavy atom. The molecular formula is C20H23ClN2O3S. The van der Waals surface area contributed by atoms with Gasteiger partial charge in [-0.25, -0.2) is 0 Å². The summed E-state index contributed by atoms with van der Waals surface area (Å²) in [6, 6.07) is 11.8. The predicted octanol–water partition coefficient (Wildman–Crippen LogP) is 3.71. The average molecular weight is 407 g/mol. The van der Waals surface area contributed by atoms with Crippen LogP contribution in [0.1, 0.15) is 11.1 Å². The number of thiocarbonyl (C=S) groups is 1. The molecule has 0 aliphatic carbocycles. The average Bonchev–Trinajstić information content (AvgIpc) is 3.06. The standard InChI is InChI=1S/C20H23ClN2O3S/c1-24-18-6-4-13(9-19(18)25-2)7-15-11-26-20(12-27)23(15)10-14-3-5-16(21)17(22)8-14/h3-6,8-9,12,15,20H,7,10-11,22H2,1-2H3/t15-,20?/m0/s1. The van der Waals surface area contributed by atoms with E-state index in [1.165, 1.54) is 0 Å². The van der Waals surface area contributed by atoms with Gasteiger partial charge < -0.3 is 19.9 Å². The third kappa shape index (κ3) is 4.52. The highest BCUT2D eigenvalue weighted by atomic mass is 35.5. The smallest absolute Gasteiger partial charge is 0.160 e. The minimum absolute atomic E-state index is 0.184. The van der Waals surface area contributed by atoms with Crippen molar-refractivity contribution >= 4 is 34.9 Å². The summed E-state index contributed by atoms with van der Waals surface area (Å²) >= 11 is 11.2. The first kappa shape index (κ1) is 19.9. The van der Waals surface area contributed by atoms with Crippen LogP contribution in [0.4, 0.5) is 5.69 Å². The number of hydrogen-bond donors (Lipinski definition) is 1. The maximum atomic E-state index is 6.03. The van der Waals surface area contributed by atoms with Gasteiger partial charge in [0, 0.05) is 18.0 Å². The Labute approximate surface area is 170 Å². The number of rotatable bonds is 7. The zero-order valence-corrected chi connectivity index (χ0v) is 16.9. The van der Waals surface area contributed by atoms with Gasteiger partial charge in [0.1, 0.15) is 6.23 Å². The normalized spacial score (nSPS) is 19.8. The molecule has 2 aromatic rings. The summed E-state index contributed by atoms with van der Waals surface area (Å²) in [6.07, 6.45) is 0.602. The highest BCUT2D eigenvalue weighted by Crippen LogP contribution is 2.30. The highest BCUT2D eigenvalue weighted by molar-refractivity contribution is 7.79. The van der Waals surface area contributed by atoms with Crippen molar-refractivity contribution < 1.29 is 14.2 Å². The fourth-order valence-corrected chi connectivity index (χ4v) is 3.66. The molecule has 1 aliphatic rings. The van der Waals surface area contributed by atoms with Crippen LogP contribution in [-0.2, 0) is 17.7 Å². The summed E-state index contributed by atoms with van der Waals surface area (Å²) < 4.78 is 16.6. The second-order valence-corrected chi connectivity index (χ2v) is 7.11. The highest BCUT2D eigenvalue weighted by Gasteiger charge is 2.33. The van der Waals surface area contributed by atoms with Gasteiger partial charge >= 0.3 is 0 Å². The molecule has 0 spiro atoms. The molecule has 2 atom stereocenters. The zero-order chi connectivity index (χ0) is 19.4. The topological polar surface area (TPSA) is 57.0 Å². The van der Waals surface area contributed by atoms with Crippen molar-refractivity contribution in [3.63, 3.8) is 0 Å². The van der Waals surface area contributed by atoms with Crippen LogP contribution in [0.3, 0.4) is 0 Å². The maximum Gasteiger partial charge on any atom is 0.160 e. The number of methoxy groups -OCH3 is 2. The SMILES string of the molecule is COc1ccc(C[C@H]2COC(C=S)N2Cc2ccc(Cl)c(N)c2)cc1OC. The summed E-state index contributed by atoms with van der Waals surface area (Å²) in [4.78, 5) is 2.24. The number of benzene rings is 2. The maximum absolute atomic E-state index is 6.03. The zero-order valence-electron chi connectivity index (χ0n) is 15.4. The molecule has 0 saturated carbocycles. The second kappa shape index (κ2) is 8.89. The Morgan fingerprint density at radius 3 is 2.59 bits per heavy atom. The van der Waals surface area contributed by atoms with Crippen LogP contribution in [0.2, 0.25) is 5.02 Å². The number of halogens is 1. The summed E-state index contributed by atoms with van der Waals surface area (Å²) in [6.45, 7) is 1.28. The Bertz CT molecular complexity index is 818. The van der Waals surface area contributed by atoms with Crippen LogP contribution >= 0.6 is 23.8 Å². The molecule has 3 rings (SSSR count). The number of anilines is 1. The molecule has 0 amide bonds. The minimum atomic E-state index is -0.206. The van der Waals surface area contributed by atoms with E-state index in [1.54, 1.807) is 19.6 Å². The van der Waals surface area contributed by atoms with Gasteiger partial charge in [-0.2, -0.15) is 0 Å². The molecule has 1 saturated heterocycles. The summed E-state index contributed by atoms with van der Waals surface area (Å²) in [5.41, 5.74) is 8.73. The van der Waals surface area contributed by atoms with Gasteiger partial charge in [-0.05, 0) is 41.8 Å². The molecule has 7 heteroatoms. The van der Waals surface area contributed by atoms with Gasteiger partial charge in [-0.1, -0.05) is 36.0 Å². The Morgan fingerprint density at radius 2 is 1.93 bits per heavy atom. The fraction of sp³-hybridized carbons (Fsp3) is 0.350. The van der Waals surface area contributed by atoms with E-state index < -0.39 is 0 Å². The molecule has 2 N–H and O–H groups in total. The molecular weight excluding hydrogens is 384 g/mol. The van der Waals surface area contributed by atoms with Crippen molar-refractivity contribution in [2.45, 2.75) is 25.2 Å². The molecule has 5 nitrogen and oxygen atoms in total. The molecule has 2 aromatic carbocycles. The van der Waals surface area contributed by atoms with Crippen molar-refractivity contribution in [3.8, 4) is 11.5 Å². The van der Waals surface area contributed by atoms with Crippen LogP contribution in [-0.4, -0.2) is 43.4 Å².